The summed E-state index contributed by atoms with van der Waals surface area (Å²) >= 11 is 0. The summed E-state index contributed by atoms with van der Waals surface area (Å²) in [7, 11) is -5.70. The van der Waals surface area contributed by atoms with Crippen LogP contribution in [-0.2, 0) is 19.9 Å². The predicted molar refractivity (Wildman–Crippen MR) is 129 cm³/mol. The molecule has 8 heteroatoms. The van der Waals surface area contributed by atoms with E-state index in [0.29, 0.717) is 5.75 Å². The Balaban J connectivity index is 1.46. The second kappa shape index (κ2) is 9.29. The highest BCUT2D eigenvalue weighted by atomic mass is 32.2. The van der Waals surface area contributed by atoms with E-state index >= 15 is 0 Å². The first kappa shape index (κ1) is 23.5. The summed E-state index contributed by atoms with van der Waals surface area (Å²) in [6.07, 6.45) is 0.518. The molecule has 1 fully saturated rings. The molecule has 33 heavy (non-hydrogen) atoms. The van der Waals surface area contributed by atoms with Crippen molar-refractivity contribution >= 4 is 19.9 Å². The minimum Gasteiger partial charge on any atom is -0.497 e. The van der Waals surface area contributed by atoms with Crippen molar-refractivity contribution in [2.45, 2.75) is 34.8 Å². The zero-order valence-corrected chi connectivity index (χ0v) is 20.3. The molecule has 0 N–H and O–H groups in total. The molecule has 0 radical (unpaired) electrons. The SMILES string of the molecule is COc1ccc(S(=O)(=O)C2CCN(S(=O)(=O)c3ccc(-c4cccc(C)c4)cc3)CC2)cc1. The minimum atomic E-state index is -3.69. The van der Waals surface area contributed by atoms with Gasteiger partial charge < -0.3 is 4.74 Å². The highest BCUT2D eigenvalue weighted by Gasteiger charge is 2.35. The number of aryl methyl sites for hydroxylation is 1. The Morgan fingerprint density at radius 3 is 1.97 bits per heavy atom. The summed E-state index contributed by atoms with van der Waals surface area (Å²) in [4.78, 5) is 0.451. The van der Waals surface area contributed by atoms with Gasteiger partial charge in [-0.1, -0.05) is 42.0 Å². The fraction of sp³-hybridized carbons (Fsp3) is 0.280. The van der Waals surface area contributed by atoms with Gasteiger partial charge in [0, 0.05) is 13.1 Å². The number of benzene rings is 3. The Hall–Kier alpha value is -2.68. The average molecular weight is 486 g/mol. The lowest BCUT2D eigenvalue weighted by atomic mass is 10.0. The predicted octanol–water partition coefficient (Wildman–Crippen LogP) is 4.30. The number of ether oxygens (including phenoxy) is 1. The van der Waals surface area contributed by atoms with Crippen molar-refractivity contribution in [1.82, 2.24) is 4.31 Å². The Morgan fingerprint density at radius 2 is 1.39 bits per heavy atom. The van der Waals surface area contributed by atoms with E-state index in [1.807, 2.05) is 37.3 Å². The summed E-state index contributed by atoms with van der Waals surface area (Å²) in [6, 6.07) is 21.2. The van der Waals surface area contributed by atoms with Crippen molar-refractivity contribution in [3.05, 3.63) is 78.4 Å². The lowest BCUT2D eigenvalue weighted by molar-refractivity contribution is 0.345. The molecule has 1 aliphatic rings. The van der Waals surface area contributed by atoms with Gasteiger partial charge in [-0.25, -0.2) is 16.8 Å². The molecule has 0 amide bonds. The summed E-state index contributed by atoms with van der Waals surface area (Å²) < 4.78 is 58.8. The van der Waals surface area contributed by atoms with Gasteiger partial charge in [-0.15, -0.1) is 0 Å². The van der Waals surface area contributed by atoms with Gasteiger partial charge in [0.15, 0.2) is 9.84 Å². The molecule has 0 atom stereocenters. The molecule has 3 aromatic rings. The van der Waals surface area contributed by atoms with Gasteiger partial charge in [0.25, 0.3) is 0 Å². The number of hydrogen-bond acceptors (Lipinski definition) is 5. The van der Waals surface area contributed by atoms with E-state index in [1.165, 1.54) is 23.5 Å². The Bertz CT molecular complexity index is 1320. The van der Waals surface area contributed by atoms with Crippen molar-refractivity contribution in [1.29, 1.82) is 0 Å². The number of piperidine rings is 1. The van der Waals surface area contributed by atoms with E-state index in [-0.39, 0.29) is 35.7 Å². The third kappa shape index (κ3) is 4.83. The maximum absolute atomic E-state index is 13.1. The van der Waals surface area contributed by atoms with E-state index in [2.05, 4.69) is 6.07 Å². The third-order valence-electron chi connectivity index (χ3n) is 6.07. The maximum atomic E-state index is 13.1. The first-order valence-electron chi connectivity index (χ1n) is 10.8. The highest BCUT2D eigenvalue weighted by molar-refractivity contribution is 7.92. The first-order valence-corrected chi connectivity index (χ1v) is 13.8. The normalized spacial score (nSPS) is 15.9. The van der Waals surface area contributed by atoms with Crippen LogP contribution in [0.2, 0.25) is 0 Å². The van der Waals surface area contributed by atoms with Crippen LogP contribution in [0.1, 0.15) is 18.4 Å². The zero-order chi connectivity index (χ0) is 23.6. The number of nitrogens with zero attached hydrogens (tertiary/aromatic N) is 1. The van der Waals surface area contributed by atoms with E-state index in [0.717, 1.165) is 16.7 Å². The van der Waals surface area contributed by atoms with Gasteiger partial charge in [-0.2, -0.15) is 4.31 Å². The van der Waals surface area contributed by atoms with Gasteiger partial charge in [-0.3, -0.25) is 0 Å². The van der Waals surface area contributed by atoms with Crippen LogP contribution in [0.5, 0.6) is 5.75 Å². The lowest BCUT2D eigenvalue weighted by Gasteiger charge is -2.31. The van der Waals surface area contributed by atoms with Crippen LogP contribution in [0.3, 0.4) is 0 Å². The van der Waals surface area contributed by atoms with Gasteiger partial charge in [-0.05, 0) is 67.3 Å². The topological polar surface area (TPSA) is 80.8 Å². The van der Waals surface area contributed by atoms with Crippen molar-refractivity contribution in [2.75, 3.05) is 20.2 Å². The quantitative estimate of drug-likeness (QED) is 0.520. The van der Waals surface area contributed by atoms with E-state index in [1.54, 1.807) is 24.3 Å². The lowest BCUT2D eigenvalue weighted by Crippen LogP contribution is -2.42. The molecule has 0 bridgehead atoms. The van der Waals surface area contributed by atoms with E-state index in [4.69, 9.17) is 4.74 Å². The van der Waals surface area contributed by atoms with Crippen LogP contribution in [0.25, 0.3) is 11.1 Å². The van der Waals surface area contributed by atoms with Crippen LogP contribution in [-0.4, -0.2) is 46.6 Å². The van der Waals surface area contributed by atoms with Crippen LogP contribution in [0.4, 0.5) is 0 Å². The average Bonchev–Trinajstić information content (AvgIpc) is 2.84. The number of sulfone groups is 1. The summed E-state index contributed by atoms with van der Waals surface area (Å²) in [5.74, 6) is 0.586. The zero-order valence-electron chi connectivity index (χ0n) is 18.6. The monoisotopic (exact) mass is 485 g/mol. The summed E-state index contributed by atoms with van der Waals surface area (Å²) in [6.45, 7) is 2.35. The van der Waals surface area contributed by atoms with E-state index < -0.39 is 25.1 Å². The molecule has 1 aliphatic heterocycles. The molecule has 6 nitrogen and oxygen atoms in total. The fourth-order valence-corrected chi connectivity index (χ4v) is 7.34. The molecule has 3 aromatic carbocycles. The van der Waals surface area contributed by atoms with Gasteiger partial charge in [0.05, 0.1) is 22.2 Å². The molecule has 1 heterocycles. The molecule has 174 valence electrons. The van der Waals surface area contributed by atoms with Gasteiger partial charge in [0.1, 0.15) is 5.75 Å². The first-order chi connectivity index (χ1) is 15.7. The van der Waals surface area contributed by atoms with Crippen LogP contribution in [0.15, 0.2) is 82.6 Å². The van der Waals surface area contributed by atoms with Crippen molar-refractivity contribution < 1.29 is 21.6 Å². The second-order valence-corrected chi connectivity index (χ2v) is 12.4. The Kier molecular flexibility index (Phi) is 6.61. The molecule has 4 rings (SSSR count). The van der Waals surface area contributed by atoms with Crippen molar-refractivity contribution in [2.24, 2.45) is 0 Å². The maximum Gasteiger partial charge on any atom is 0.243 e. The molecular weight excluding hydrogens is 458 g/mol. The number of sulfonamides is 1. The molecule has 0 unspecified atom stereocenters. The number of rotatable bonds is 6. The van der Waals surface area contributed by atoms with Gasteiger partial charge >= 0.3 is 0 Å². The summed E-state index contributed by atoms with van der Waals surface area (Å²) in [5.41, 5.74) is 3.11. The van der Waals surface area contributed by atoms with Crippen LogP contribution in [0, 0.1) is 6.92 Å². The largest absolute Gasteiger partial charge is 0.497 e. The highest BCUT2D eigenvalue weighted by Crippen LogP contribution is 2.29. The second-order valence-electron chi connectivity index (χ2n) is 8.22. The molecular formula is C25H27NO5S2. The van der Waals surface area contributed by atoms with Crippen molar-refractivity contribution in [3.8, 4) is 16.9 Å². The summed E-state index contributed by atoms with van der Waals surface area (Å²) in [5, 5.41) is -0.610. The molecule has 0 aromatic heterocycles. The number of methoxy groups -OCH3 is 1. The molecule has 0 saturated carbocycles. The molecule has 0 aliphatic carbocycles. The standard InChI is InChI=1S/C25H27NO5S2/c1-19-4-3-5-21(18-19)20-6-10-25(11-7-20)33(29,30)26-16-14-24(15-17-26)32(27,28)23-12-8-22(31-2)9-13-23/h3-13,18,24H,14-17H2,1-2H3. The Morgan fingerprint density at radius 1 is 0.788 bits per heavy atom. The fourth-order valence-electron chi connectivity index (χ4n) is 4.13. The smallest absolute Gasteiger partial charge is 0.243 e. The number of hydrogen-bond donors (Lipinski definition) is 0. The van der Waals surface area contributed by atoms with Crippen LogP contribution < -0.4 is 4.74 Å². The minimum absolute atomic E-state index is 0.169. The Labute approximate surface area is 195 Å². The van der Waals surface area contributed by atoms with Crippen LogP contribution >= 0.6 is 0 Å². The van der Waals surface area contributed by atoms with Gasteiger partial charge in [0.2, 0.25) is 10.0 Å². The molecule has 1 saturated heterocycles. The third-order valence-corrected chi connectivity index (χ3v) is 10.3. The molecule has 0 spiro atoms. The van der Waals surface area contributed by atoms with E-state index in [9.17, 15) is 16.8 Å². The van der Waals surface area contributed by atoms with Crippen molar-refractivity contribution in [3.63, 3.8) is 0 Å².